The van der Waals surface area contributed by atoms with Crippen molar-refractivity contribution >= 4 is 23.7 Å². The Balaban J connectivity index is 1.61. The summed E-state index contributed by atoms with van der Waals surface area (Å²) in [6, 6.07) is 11.9. The van der Waals surface area contributed by atoms with E-state index >= 15 is 0 Å². The molecule has 1 saturated heterocycles. The Morgan fingerprint density at radius 3 is 2.50 bits per heavy atom. The van der Waals surface area contributed by atoms with Gasteiger partial charge in [0.15, 0.2) is 0 Å². The molecule has 4 rings (SSSR count). The second-order valence-electron chi connectivity index (χ2n) is 9.71. The fraction of sp³-hybridized carbons (Fsp3) is 0.385. The van der Waals surface area contributed by atoms with Crippen molar-refractivity contribution in [3.63, 3.8) is 0 Å². The Morgan fingerprint density at radius 2 is 1.84 bits per heavy atom. The van der Waals surface area contributed by atoms with Gasteiger partial charge in [0.2, 0.25) is 0 Å². The lowest BCUT2D eigenvalue weighted by Gasteiger charge is -2.50. The van der Waals surface area contributed by atoms with Crippen LogP contribution in [0.1, 0.15) is 63.6 Å². The minimum atomic E-state index is -0.468. The summed E-state index contributed by atoms with van der Waals surface area (Å²) in [4.78, 5) is 28.9. The lowest BCUT2D eigenvalue weighted by atomic mass is 9.79. The van der Waals surface area contributed by atoms with Crippen molar-refractivity contribution in [2.75, 3.05) is 4.90 Å². The zero-order valence-electron chi connectivity index (χ0n) is 19.3. The fourth-order valence-corrected chi connectivity index (χ4v) is 5.19. The molecule has 2 aliphatic rings. The number of hydrogen-bond donors (Lipinski definition) is 1. The zero-order valence-corrected chi connectivity index (χ0v) is 19.3. The number of benzene rings is 2. The van der Waals surface area contributed by atoms with Crippen molar-refractivity contribution < 1.29 is 14.0 Å². The summed E-state index contributed by atoms with van der Waals surface area (Å²) in [5, 5.41) is 2.68. The van der Waals surface area contributed by atoms with Crippen LogP contribution in [0.25, 0.3) is 6.08 Å². The van der Waals surface area contributed by atoms with E-state index in [4.69, 9.17) is 0 Å². The van der Waals surface area contributed by atoms with Crippen molar-refractivity contribution in [1.29, 1.82) is 0 Å². The minimum absolute atomic E-state index is 0.0663. The highest BCUT2D eigenvalue weighted by Gasteiger charge is 2.38. The number of imide groups is 1. The summed E-state index contributed by atoms with van der Waals surface area (Å²) in [5.74, 6) is -0.347. The van der Waals surface area contributed by atoms with Gasteiger partial charge >= 0.3 is 6.03 Å². The van der Waals surface area contributed by atoms with Gasteiger partial charge in [0, 0.05) is 17.3 Å². The summed E-state index contributed by atoms with van der Waals surface area (Å²) >= 11 is 0. The van der Waals surface area contributed by atoms with Gasteiger partial charge in [-0.3, -0.25) is 9.69 Å². The molecule has 0 spiro atoms. The third kappa shape index (κ3) is 4.01. The van der Waals surface area contributed by atoms with Crippen LogP contribution in [0.15, 0.2) is 48.2 Å². The highest BCUT2D eigenvalue weighted by Crippen LogP contribution is 2.44. The van der Waals surface area contributed by atoms with E-state index < -0.39 is 6.03 Å². The summed E-state index contributed by atoms with van der Waals surface area (Å²) in [6.45, 7) is 11.3. The summed E-state index contributed by atoms with van der Waals surface area (Å²) in [5.41, 5.74) is 4.37. The number of halogens is 1. The van der Waals surface area contributed by atoms with Crippen LogP contribution >= 0.6 is 0 Å². The maximum absolute atomic E-state index is 13.1. The molecule has 1 N–H and O–H groups in total. The molecule has 2 heterocycles. The van der Waals surface area contributed by atoms with Gasteiger partial charge < -0.3 is 10.2 Å². The van der Waals surface area contributed by atoms with Crippen molar-refractivity contribution in [2.24, 2.45) is 0 Å². The van der Waals surface area contributed by atoms with Crippen LogP contribution in [0, 0.1) is 5.82 Å². The van der Waals surface area contributed by atoms with E-state index in [0.29, 0.717) is 17.5 Å². The van der Waals surface area contributed by atoms with E-state index in [9.17, 15) is 14.0 Å². The van der Waals surface area contributed by atoms with Gasteiger partial charge in [0.25, 0.3) is 5.91 Å². The number of rotatable bonds is 4. The number of nitrogens with zero attached hydrogens (tertiary/aromatic N) is 2. The number of anilines is 1. The number of carbonyl (C=O) groups excluding carboxylic acids is 2. The third-order valence-corrected chi connectivity index (χ3v) is 6.34. The quantitative estimate of drug-likeness (QED) is 0.515. The van der Waals surface area contributed by atoms with Crippen molar-refractivity contribution in [3.05, 3.63) is 70.7 Å². The number of fused-ring (bicyclic) bond motifs is 1. The molecule has 1 unspecified atom stereocenters. The molecule has 2 aromatic carbocycles. The highest BCUT2D eigenvalue weighted by molar-refractivity contribution is 6.13. The lowest BCUT2D eigenvalue weighted by molar-refractivity contribution is -0.123. The van der Waals surface area contributed by atoms with E-state index in [1.807, 2.05) is 6.07 Å². The van der Waals surface area contributed by atoms with Crippen molar-refractivity contribution in [3.8, 4) is 0 Å². The van der Waals surface area contributed by atoms with Gasteiger partial charge in [-0.15, -0.1) is 0 Å². The van der Waals surface area contributed by atoms with Gasteiger partial charge in [-0.25, -0.2) is 9.18 Å². The van der Waals surface area contributed by atoms with Gasteiger partial charge in [-0.1, -0.05) is 25.1 Å². The Bertz CT molecular complexity index is 1090. The van der Waals surface area contributed by atoms with E-state index in [2.05, 4.69) is 57.0 Å². The molecule has 1 atom stereocenters. The van der Waals surface area contributed by atoms with E-state index in [1.54, 1.807) is 18.2 Å². The monoisotopic (exact) mass is 435 g/mol. The zero-order chi connectivity index (χ0) is 23.2. The molecule has 6 heteroatoms. The summed E-state index contributed by atoms with van der Waals surface area (Å²) < 4.78 is 13.1. The number of nitrogens with one attached hydrogen (secondary N) is 1. The number of urea groups is 1. The first-order chi connectivity index (χ1) is 15.1. The van der Waals surface area contributed by atoms with Crippen molar-refractivity contribution in [2.45, 2.75) is 65.1 Å². The summed E-state index contributed by atoms with van der Waals surface area (Å²) in [6.07, 6.45) is 2.77. The van der Waals surface area contributed by atoms with Crippen LogP contribution in [-0.4, -0.2) is 28.4 Å². The molecular weight excluding hydrogens is 405 g/mol. The Labute approximate surface area is 188 Å². The first kappa shape index (κ1) is 22.1. The predicted octanol–water partition coefficient (Wildman–Crippen LogP) is 5.42. The normalized spacial score (nSPS) is 21.3. The first-order valence-electron chi connectivity index (χ1n) is 11.1. The Morgan fingerprint density at radius 1 is 1.16 bits per heavy atom. The van der Waals surface area contributed by atoms with Crippen LogP contribution in [-0.2, 0) is 11.3 Å². The molecule has 2 aliphatic heterocycles. The fourth-order valence-electron chi connectivity index (χ4n) is 5.19. The molecule has 0 aliphatic carbocycles. The molecule has 1 fully saturated rings. The topological polar surface area (TPSA) is 52.7 Å². The van der Waals surface area contributed by atoms with Crippen LogP contribution in [0.2, 0.25) is 0 Å². The maximum Gasteiger partial charge on any atom is 0.329 e. The molecule has 0 bridgehead atoms. The average Bonchev–Trinajstić information content (AvgIpc) is 2.96. The Kier molecular flexibility index (Phi) is 5.57. The molecule has 32 heavy (non-hydrogen) atoms. The third-order valence-electron chi connectivity index (χ3n) is 6.34. The molecule has 0 aromatic heterocycles. The predicted molar refractivity (Wildman–Crippen MR) is 125 cm³/mol. The van der Waals surface area contributed by atoms with E-state index in [0.717, 1.165) is 16.9 Å². The van der Waals surface area contributed by atoms with Gasteiger partial charge in [-0.05, 0) is 87.1 Å². The minimum Gasteiger partial charge on any atom is -0.364 e. The van der Waals surface area contributed by atoms with Crippen LogP contribution in [0.3, 0.4) is 0 Å². The van der Waals surface area contributed by atoms with Crippen LogP contribution in [0.5, 0.6) is 0 Å². The molecular formula is C26H30FN3O2. The molecule has 2 aromatic rings. The van der Waals surface area contributed by atoms with Gasteiger partial charge in [0.1, 0.15) is 11.5 Å². The van der Waals surface area contributed by atoms with E-state index in [1.165, 1.54) is 23.4 Å². The molecule has 3 amide bonds. The SMILES string of the molecule is CC1CC(C)(C)N(C(C)C)c2ccc(/C=C3\NC(=O)N(Cc4ccc(F)cc4)C3=O)cc21. The molecule has 168 valence electrons. The van der Waals surface area contributed by atoms with Crippen LogP contribution < -0.4 is 10.2 Å². The van der Waals surface area contributed by atoms with Crippen molar-refractivity contribution in [1.82, 2.24) is 10.2 Å². The molecule has 5 nitrogen and oxygen atoms in total. The maximum atomic E-state index is 13.1. The summed E-state index contributed by atoms with van der Waals surface area (Å²) in [7, 11) is 0. The number of hydrogen-bond acceptors (Lipinski definition) is 3. The molecule has 0 radical (unpaired) electrons. The van der Waals surface area contributed by atoms with E-state index in [-0.39, 0.29) is 29.5 Å². The smallest absolute Gasteiger partial charge is 0.329 e. The largest absolute Gasteiger partial charge is 0.364 e. The number of carbonyl (C=O) groups is 2. The second kappa shape index (κ2) is 8.08. The standard InChI is InChI=1S/C26H30FN3O2/c1-16(2)30-23-11-8-19(12-21(23)17(3)14-26(30,4)5)13-22-24(31)29(25(32)28-22)15-18-6-9-20(27)10-7-18/h6-13,16-17H,14-15H2,1-5H3,(H,28,32)/b22-13-. The Hall–Kier alpha value is -3.15. The van der Waals surface area contributed by atoms with Gasteiger partial charge in [0.05, 0.1) is 6.54 Å². The lowest BCUT2D eigenvalue weighted by Crippen LogP contribution is -2.51. The first-order valence-corrected chi connectivity index (χ1v) is 11.1. The molecule has 0 saturated carbocycles. The highest BCUT2D eigenvalue weighted by atomic mass is 19.1. The number of amides is 3. The van der Waals surface area contributed by atoms with Gasteiger partial charge in [-0.2, -0.15) is 0 Å². The average molecular weight is 436 g/mol. The second-order valence-corrected chi connectivity index (χ2v) is 9.71. The van der Waals surface area contributed by atoms with Crippen LogP contribution in [0.4, 0.5) is 14.9 Å².